The molecule has 64 valence electrons. The van der Waals surface area contributed by atoms with Gasteiger partial charge in [-0.15, -0.1) is 0 Å². The third-order valence-electron chi connectivity index (χ3n) is 0.940. The lowest BCUT2D eigenvalue weighted by molar-refractivity contribution is -0.154. The van der Waals surface area contributed by atoms with Gasteiger partial charge in [0.05, 0.1) is 6.10 Å². The molecule has 3 nitrogen and oxygen atoms in total. The van der Waals surface area contributed by atoms with Gasteiger partial charge in [-0.3, -0.25) is 0 Å². The predicted octanol–water partition coefficient (Wildman–Crippen LogP) is 1.49. The number of hydrogen-bond donors (Lipinski definition) is 0. The maximum atomic E-state index is 10.7. The molecule has 0 radical (unpaired) electrons. The lowest BCUT2D eigenvalue weighted by atomic mass is 10.4. The maximum absolute atomic E-state index is 10.7. The molecular formula is C8H14O3. The van der Waals surface area contributed by atoms with Crippen LogP contribution in [0.1, 0.15) is 20.8 Å². The fraction of sp³-hybridized carbons (Fsp3) is 0.625. The van der Waals surface area contributed by atoms with Crippen LogP contribution in [0.15, 0.2) is 12.2 Å². The molecule has 0 aromatic rings. The first-order valence-electron chi connectivity index (χ1n) is 3.48. The quantitative estimate of drug-likeness (QED) is 0.353. The normalized spacial score (nSPS) is 9.82. The number of carbonyl (C=O) groups is 1. The van der Waals surface area contributed by atoms with Gasteiger partial charge in [-0.1, -0.05) is 6.58 Å². The molecule has 0 unspecified atom stereocenters. The Balaban J connectivity index is 3.40. The van der Waals surface area contributed by atoms with Crippen LogP contribution in [0.2, 0.25) is 0 Å². The average Bonchev–Trinajstić information content (AvgIpc) is 1.86. The van der Waals surface area contributed by atoms with E-state index in [1.54, 1.807) is 6.92 Å². The van der Waals surface area contributed by atoms with Crippen molar-refractivity contribution < 1.29 is 14.3 Å². The highest BCUT2D eigenvalue weighted by Gasteiger charge is 2.02. The number of hydrogen-bond acceptors (Lipinski definition) is 3. The van der Waals surface area contributed by atoms with Gasteiger partial charge in [0.1, 0.15) is 0 Å². The minimum absolute atomic E-state index is 0.00333. The second-order valence-corrected chi connectivity index (χ2v) is 2.55. The maximum Gasteiger partial charge on any atom is 0.335 e. The summed E-state index contributed by atoms with van der Waals surface area (Å²) in [7, 11) is 0. The highest BCUT2D eigenvalue weighted by Crippen LogP contribution is 1.94. The second-order valence-electron chi connectivity index (χ2n) is 2.55. The molecule has 0 amide bonds. The van der Waals surface area contributed by atoms with Gasteiger partial charge in [0.25, 0.3) is 0 Å². The van der Waals surface area contributed by atoms with Crippen LogP contribution in [-0.2, 0) is 14.3 Å². The third-order valence-corrected chi connectivity index (χ3v) is 0.940. The summed E-state index contributed by atoms with van der Waals surface area (Å²) in [6, 6.07) is 0. The Bertz CT molecular complexity index is 149. The van der Waals surface area contributed by atoms with Gasteiger partial charge in [0.15, 0.2) is 6.79 Å². The Morgan fingerprint density at radius 2 is 2.09 bits per heavy atom. The minimum Gasteiger partial charge on any atom is -0.435 e. The Morgan fingerprint density at radius 1 is 1.55 bits per heavy atom. The molecule has 0 heterocycles. The van der Waals surface area contributed by atoms with E-state index in [1.165, 1.54) is 0 Å². The summed E-state index contributed by atoms with van der Waals surface area (Å²) in [5, 5.41) is 0. The molecule has 0 aromatic heterocycles. The highest BCUT2D eigenvalue weighted by atomic mass is 16.7. The zero-order valence-electron chi connectivity index (χ0n) is 7.22. The van der Waals surface area contributed by atoms with Gasteiger partial charge < -0.3 is 9.47 Å². The zero-order chi connectivity index (χ0) is 8.85. The molecule has 0 aliphatic heterocycles. The van der Waals surface area contributed by atoms with Gasteiger partial charge in [-0.2, -0.15) is 0 Å². The summed E-state index contributed by atoms with van der Waals surface area (Å²) in [5.41, 5.74) is 0.386. The number of ether oxygens (including phenoxy) is 2. The topological polar surface area (TPSA) is 35.5 Å². The molecule has 0 fully saturated rings. The fourth-order valence-electron chi connectivity index (χ4n) is 0.347. The van der Waals surface area contributed by atoms with Crippen LogP contribution in [0.25, 0.3) is 0 Å². The van der Waals surface area contributed by atoms with Crippen LogP contribution >= 0.6 is 0 Å². The predicted molar refractivity (Wildman–Crippen MR) is 42.0 cm³/mol. The molecule has 0 atom stereocenters. The van der Waals surface area contributed by atoms with Crippen LogP contribution < -0.4 is 0 Å². The van der Waals surface area contributed by atoms with E-state index in [-0.39, 0.29) is 12.9 Å². The monoisotopic (exact) mass is 158 g/mol. The first-order valence-corrected chi connectivity index (χ1v) is 3.48. The van der Waals surface area contributed by atoms with Crippen LogP contribution in [0.3, 0.4) is 0 Å². The number of carbonyl (C=O) groups excluding carboxylic acids is 1. The van der Waals surface area contributed by atoms with Crippen LogP contribution in [0.5, 0.6) is 0 Å². The van der Waals surface area contributed by atoms with Crippen LogP contribution in [-0.4, -0.2) is 18.9 Å². The summed E-state index contributed by atoms with van der Waals surface area (Å²) in [5.74, 6) is -0.411. The second kappa shape index (κ2) is 4.91. The van der Waals surface area contributed by atoms with Gasteiger partial charge >= 0.3 is 5.97 Å². The molecule has 0 N–H and O–H groups in total. The van der Waals surface area contributed by atoms with Gasteiger partial charge in [0, 0.05) is 5.57 Å². The molecule has 0 aromatic carbocycles. The third kappa shape index (κ3) is 5.61. The van der Waals surface area contributed by atoms with Crippen molar-refractivity contribution in [2.75, 3.05) is 6.79 Å². The largest absolute Gasteiger partial charge is 0.435 e. The lowest BCUT2D eigenvalue weighted by Gasteiger charge is -2.07. The summed E-state index contributed by atoms with van der Waals surface area (Å²) in [4.78, 5) is 10.7. The minimum atomic E-state index is -0.411. The van der Waals surface area contributed by atoms with Crippen molar-refractivity contribution in [1.82, 2.24) is 0 Å². The van der Waals surface area contributed by atoms with Crippen molar-refractivity contribution in [2.24, 2.45) is 0 Å². The van der Waals surface area contributed by atoms with Crippen molar-refractivity contribution in [1.29, 1.82) is 0 Å². The SMILES string of the molecule is C=C(C)C(=O)OCOC(C)C. The van der Waals surface area contributed by atoms with Crippen molar-refractivity contribution in [2.45, 2.75) is 26.9 Å². The highest BCUT2D eigenvalue weighted by molar-refractivity contribution is 5.86. The Labute approximate surface area is 67.0 Å². The molecule has 3 heteroatoms. The average molecular weight is 158 g/mol. The number of esters is 1. The van der Waals surface area contributed by atoms with Crippen molar-refractivity contribution in [3.05, 3.63) is 12.2 Å². The van der Waals surface area contributed by atoms with E-state index in [4.69, 9.17) is 4.74 Å². The summed E-state index contributed by atoms with van der Waals surface area (Å²) in [6.07, 6.45) is 0.0768. The van der Waals surface area contributed by atoms with E-state index in [1.807, 2.05) is 13.8 Å². The van der Waals surface area contributed by atoms with Gasteiger partial charge in [0.2, 0.25) is 0 Å². The smallest absolute Gasteiger partial charge is 0.335 e. The van der Waals surface area contributed by atoms with Crippen molar-refractivity contribution in [3.63, 3.8) is 0 Å². The summed E-state index contributed by atoms with van der Waals surface area (Å²) >= 11 is 0. The van der Waals surface area contributed by atoms with E-state index in [0.717, 1.165) is 0 Å². The molecule has 0 spiro atoms. The van der Waals surface area contributed by atoms with E-state index in [0.29, 0.717) is 5.57 Å². The first kappa shape index (κ1) is 10.2. The Hall–Kier alpha value is -0.830. The Morgan fingerprint density at radius 3 is 2.45 bits per heavy atom. The summed E-state index contributed by atoms with van der Waals surface area (Å²) < 4.78 is 9.63. The molecule has 0 rings (SSSR count). The van der Waals surface area contributed by atoms with Crippen molar-refractivity contribution in [3.8, 4) is 0 Å². The van der Waals surface area contributed by atoms with Gasteiger partial charge in [-0.05, 0) is 20.8 Å². The standard InChI is InChI=1S/C8H14O3/c1-6(2)8(9)11-5-10-7(3)4/h7H,1,5H2,2-4H3. The number of rotatable bonds is 4. The zero-order valence-corrected chi connectivity index (χ0v) is 7.22. The first-order chi connectivity index (χ1) is 5.04. The van der Waals surface area contributed by atoms with E-state index in [2.05, 4.69) is 11.3 Å². The molecule has 0 saturated heterocycles. The van der Waals surface area contributed by atoms with Crippen LogP contribution in [0.4, 0.5) is 0 Å². The lowest BCUT2D eigenvalue weighted by Crippen LogP contribution is -2.12. The molecule has 0 saturated carbocycles. The molecule has 11 heavy (non-hydrogen) atoms. The molecule has 0 aliphatic rings. The molecule has 0 aliphatic carbocycles. The van der Waals surface area contributed by atoms with E-state index < -0.39 is 5.97 Å². The van der Waals surface area contributed by atoms with Gasteiger partial charge in [-0.25, -0.2) is 4.79 Å². The van der Waals surface area contributed by atoms with Crippen molar-refractivity contribution >= 4 is 5.97 Å². The Kier molecular flexibility index (Phi) is 4.54. The van der Waals surface area contributed by atoms with E-state index in [9.17, 15) is 4.79 Å². The van der Waals surface area contributed by atoms with Crippen LogP contribution in [0, 0.1) is 0 Å². The molecular weight excluding hydrogens is 144 g/mol. The molecule has 0 bridgehead atoms. The fourth-order valence-corrected chi connectivity index (χ4v) is 0.347. The van der Waals surface area contributed by atoms with E-state index >= 15 is 0 Å². The summed E-state index contributed by atoms with van der Waals surface area (Å²) in [6.45, 7) is 8.76.